The van der Waals surface area contributed by atoms with Gasteiger partial charge < -0.3 is 20.7 Å². The second-order valence-corrected chi connectivity index (χ2v) is 1.78. The van der Waals surface area contributed by atoms with Crippen molar-refractivity contribution in [3.63, 3.8) is 0 Å². The fourth-order valence-corrected chi connectivity index (χ4v) is 0.329. The first-order valence-corrected chi connectivity index (χ1v) is 3.08. The molecule has 0 amide bonds. The summed E-state index contributed by atoms with van der Waals surface area (Å²) in [4.78, 5) is 21.9. The summed E-state index contributed by atoms with van der Waals surface area (Å²) in [5.74, 6) is -3.21. The highest BCUT2D eigenvalue weighted by molar-refractivity contribution is 6.27. The summed E-state index contributed by atoms with van der Waals surface area (Å²) in [6.07, 6.45) is 3.24. The molecule has 0 spiro atoms. The zero-order valence-corrected chi connectivity index (χ0v) is 6.51. The summed E-state index contributed by atoms with van der Waals surface area (Å²) in [6, 6.07) is 0. The summed E-state index contributed by atoms with van der Waals surface area (Å²) in [5, 5.41) is 14.8. The van der Waals surface area contributed by atoms with Gasteiger partial charge in [-0.3, -0.25) is 4.99 Å². The van der Waals surface area contributed by atoms with Crippen LogP contribution in [0.4, 0.5) is 0 Å². The molecule has 0 saturated heterocycles. The van der Waals surface area contributed by atoms with Gasteiger partial charge in [-0.1, -0.05) is 0 Å². The molecule has 7 heteroatoms. The zero-order chi connectivity index (χ0) is 10.3. The van der Waals surface area contributed by atoms with Crippen LogP contribution in [0.1, 0.15) is 0 Å². The van der Waals surface area contributed by atoms with Crippen LogP contribution < -0.4 is 5.73 Å². The molecular weight excluding hydrogens is 180 g/mol. The Morgan fingerprint density at radius 1 is 1.46 bits per heavy atom. The second kappa shape index (κ2) is 5.58. The summed E-state index contributed by atoms with van der Waals surface area (Å²) in [7, 11) is 0. The highest BCUT2D eigenvalue weighted by atomic mass is 16.5. The van der Waals surface area contributed by atoms with Crippen LogP contribution in [0.2, 0.25) is 0 Å². The van der Waals surface area contributed by atoms with Crippen molar-refractivity contribution >= 4 is 18.2 Å². The number of nitrogens with two attached hydrogens (primary N) is 1. The standard InChI is InChI=1S/C4H6N2O.C2H2O4/c5-4-1-2-6-3-7-4;3-1(4)2(5)6/h1-2H,3,5H2;(H,3,4)(H,5,6). The van der Waals surface area contributed by atoms with Gasteiger partial charge in [0, 0.05) is 12.3 Å². The minimum Gasteiger partial charge on any atom is -0.473 e. The maximum absolute atomic E-state index is 9.10. The number of hydrogen-bond donors (Lipinski definition) is 3. The lowest BCUT2D eigenvalue weighted by Gasteiger charge is -2.02. The number of carboxylic acids is 2. The second-order valence-electron chi connectivity index (χ2n) is 1.78. The third-order valence-corrected chi connectivity index (χ3v) is 0.833. The summed E-state index contributed by atoms with van der Waals surface area (Å²) in [6.45, 7) is 0.363. The summed E-state index contributed by atoms with van der Waals surface area (Å²) < 4.78 is 4.72. The van der Waals surface area contributed by atoms with Crippen molar-refractivity contribution in [3.8, 4) is 0 Å². The Kier molecular flexibility index (Phi) is 4.70. The molecule has 0 aliphatic carbocycles. The molecule has 0 aromatic heterocycles. The van der Waals surface area contributed by atoms with Gasteiger partial charge in [0.1, 0.15) is 0 Å². The van der Waals surface area contributed by atoms with E-state index in [1.165, 1.54) is 0 Å². The van der Waals surface area contributed by atoms with Gasteiger partial charge >= 0.3 is 11.9 Å². The third kappa shape index (κ3) is 6.35. The molecule has 7 nitrogen and oxygen atoms in total. The monoisotopic (exact) mass is 188 g/mol. The van der Waals surface area contributed by atoms with Gasteiger partial charge in [0.15, 0.2) is 12.6 Å². The lowest BCUT2D eigenvalue weighted by molar-refractivity contribution is -0.159. The molecule has 0 radical (unpaired) electrons. The zero-order valence-electron chi connectivity index (χ0n) is 6.51. The van der Waals surface area contributed by atoms with Crippen molar-refractivity contribution in [3.05, 3.63) is 12.0 Å². The molecule has 72 valence electrons. The fraction of sp³-hybridized carbons (Fsp3) is 0.167. The highest BCUT2D eigenvalue weighted by Crippen LogP contribution is 1.90. The van der Waals surface area contributed by atoms with Gasteiger partial charge in [0.2, 0.25) is 0 Å². The van der Waals surface area contributed by atoms with Crippen LogP contribution in [-0.4, -0.2) is 35.1 Å². The molecule has 1 aliphatic heterocycles. The molecule has 4 N–H and O–H groups in total. The molecule has 0 bridgehead atoms. The van der Waals surface area contributed by atoms with Crippen LogP contribution in [0.15, 0.2) is 17.0 Å². The molecule has 1 heterocycles. The minimum atomic E-state index is -1.82. The number of aliphatic imine (C=N–C) groups is 1. The lowest BCUT2D eigenvalue weighted by atomic mass is 10.6. The van der Waals surface area contributed by atoms with E-state index in [1.807, 2.05) is 0 Å². The van der Waals surface area contributed by atoms with Crippen LogP contribution in [0, 0.1) is 0 Å². The van der Waals surface area contributed by atoms with Gasteiger partial charge in [-0.15, -0.1) is 0 Å². The Morgan fingerprint density at radius 3 is 2.15 bits per heavy atom. The predicted molar refractivity (Wildman–Crippen MR) is 42.0 cm³/mol. The molecule has 0 unspecified atom stereocenters. The minimum absolute atomic E-state index is 0.363. The van der Waals surface area contributed by atoms with Crippen LogP contribution >= 0.6 is 0 Å². The average Bonchev–Trinajstić information content (AvgIpc) is 2.06. The maximum atomic E-state index is 9.10. The van der Waals surface area contributed by atoms with Crippen LogP contribution in [-0.2, 0) is 14.3 Å². The molecule has 13 heavy (non-hydrogen) atoms. The van der Waals surface area contributed by atoms with Crippen LogP contribution in [0.25, 0.3) is 0 Å². The summed E-state index contributed by atoms with van der Waals surface area (Å²) in [5.41, 5.74) is 5.18. The Bertz CT molecular complexity index is 246. The molecule has 0 aromatic rings. The molecule has 0 fully saturated rings. The van der Waals surface area contributed by atoms with Gasteiger partial charge in [-0.25, -0.2) is 9.59 Å². The van der Waals surface area contributed by atoms with E-state index in [0.29, 0.717) is 12.6 Å². The number of aliphatic carboxylic acids is 2. The molecule has 0 atom stereocenters. The number of rotatable bonds is 0. The van der Waals surface area contributed by atoms with Crippen molar-refractivity contribution in [1.82, 2.24) is 0 Å². The Balaban J connectivity index is 0.000000226. The first-order chi connectivity index (χ1) is 6.04. The number of ether oxygens (including phenoxy) is 1. The third-order valence-electron chi connectivity index (χ3n) is 0.833. The van der Waals surface area contributed by atoms with E-state index in [0.717, 1.165) is 0 Å². The number of nitrogens with zero attached hydrogens (tertiary/aromatic N) is 1. The highest BCUT2D eigenvalue weighted by Gasteiger charge is 2.04. The Morgan fingerprint density at radius 2 is 2.00 bits per heavy atom. The van der Waals surface area contributed by atoms with Crippen LogP contribution in [0.5, 0.6) is 0 Å². The van der Waals surface area contributed by atoms with Gasteiger partial charge in [0.05, 0.1) is 0 Å². The molecule has 0 saturated carbocycles. The van der Waals surface area contributed by atoms with E-state index in [2.05, 4.69) is 4.99 Å². The summed E-state index contributed by atoms with van der Waals surface area (Å²) >= 11 is 0. The van der Waals surface area contributed by atoms with E-state index >= 15 is 0 Å². The van der Waals surface area contributed by atoms with E-state index in [9.17, 15) is 0 Å². The van der Waals surface area contributed by atoms with E-state index in [-0.39, 0.29) is 0 Å². The van der Waals surface area contributed by atoms with Gasteiger partial charge in [-0.2, -0.15) is 0 Å². The maximum Gasteiger partial charge on any atom is 0.414 e. The molecule has 0 aromatic carbocycles. The quantitative estimate of drug-likeness (QED) is 0.419. The smallest absolute Gasteiger partial charge is 0.414 e. The molecule has 1 rings (SSSR count). The first-order valence-electron chi connectivity index (χ1n) is 3.08. The number of carboxylic acid groups (broad SMARTS) is 2. The van der Waals surface area contributed by atoms with Crippen molar-refractivity contribution in [2.75, 3.05) is 6.73 Å². The number of hydrogen-bond acceptors (Lipinski definition) is 5. The Labute approximate surface area is 73.1 Å². The van der Waals surface area contributed by atoms with Gasteiger partial charge in [-0.05, 0) is 0 Å². The average molecular weight is 188 g/mol. The first kappa shape index (κ1) is 11.0. The fourth-order valence-electron chi connectivity index (χ4n) is 0.329. The molecule has 1 aliphatic rings. The van der Waals surface area contributed by atoms with Crippen molar-refractivity contribution in [2.24, 2.45) is 10.7 Å². The van der Waals surface area contributed by atoms with E-state index in [1.54, 1.807) is 12.3 Å². The number of carbonyl (C=O) groups is 2. The topological polar surface area (TPSA) is 122 Å². The Hall–Kier alpha value is -2.05. The van der Waals surface area contributed by atoms with Gasteiger partial charge in [0.25, 0.3) is 0 Å². The van der Waals surface area contributed by atoms with Crippen molar-refractivity contribution in [2.45, 2.75) is 0 Å². The molecular formula is C6H8N2O5. The van der Waals surface area contributed by atoms with E-state index < -0.39 is 11.9 Å². The normalized spacial score (nSPS) is 13.1. The van der Waals surface area contributed by atoms with Crippen LogP contribution in [0.3, 0.4) is 0 Å². The van der Waals surface area contributed by atoms with E-state index in [4.69, 9.17) is 30.3 Å². The van der Waals surface area contributed by atoms with Crippen molar-refractivity contribution in [1.29, 1.82) is 0 Å². The lowest BCUT2D eigenvalue weighted by Crippen LogP contribution is -2.09. The predicted octanol–water partition coefficient (Wildman–Crippen LogP) is -0.999. The largest absolute Gasteiger partial charge is 0.473 e. The number of allylic oxidation sites excluding steroid dienone is 1. The van der Waals surface area contributed by atoms with Crippen molar-refractivity contribution < 1.29 is 24.5 Å². The SMILES string of the molecule is NC1=CC=NCO1.O=C(O)C(=O)O.